The van der Waals surface area contributed by atoms with E-state index in [0.29, 0.717) is 6.42 Å². The minimum absolute atomic E-state index is 0.0333. The van der Waals surface area contributed by atoms with Gasteiger partial charge in [-0.15, -0.1) is 6.42 Å². The zero-order chi connectivity index (χ0) is 41.8. The van der Waals surface area contributed by atoms with Gasteiger partial charge in [0.15, 0.2) is 6.10 Å². The second-order valence-corrected chi connectivity index (χ2v) is 15.1. The largest absolute Gasteiger partial charge is 0.472 e. The lowest BCUT2D eigenvalue weighted by Gasteiger charge is -2.43. The third-order valence-electron chi connectivity index (χ3n) is 7.90. The van der Waals surface area contributed by atoms with Crippen molar-refractivity contribution in [1.29, 1.82) is 0 Å². The highest BCUT2D eigenvalue weighted by Crippen LogP contribution is 2.49. The lowest BCUT2D eigenvalue weighted by molar-refractivity contribution is -0.216. The van der Waals surface area contributed by atoms with Gasteiger partial charge in [0.25, 0.3) is 0 Å². The van der Waals surface area contributed by atoms with Crippen LogP contribution < -0.4 is 0 Å². The van der Waals surface area contributed by atoms with Gasteiger partial charge >= 0.3 is 27.6 Å². The number of carbonyl (C=O) groups is 2. The van der Waals surface area contributed by atoms with Crippen LogP contribution >= 0.6 is 15.6 Å². The Morgan fingerprint density at radius 1 is 0.625 bits per heavy atom. The molecule has 0 aromatic rings. The summed E-state index contributed by atoms with van der Waals surface area (Å²) in [6.07, 6.45) is 3.86. The fourth-order valence-electron chi connectivity index (χ4n) is 5.14. The lowest BCUT2D eigenvalue weighted by atomic mass is 9.85. The topological polar surface area (TPSA) is 256 Å². The summed E-state index contributed by atoms with van der Waals surface area (Å²) in [5.41, 5.74) is 0. The first kappa shape index (κ1) is 50.4. The molecule has 0 heterocycles. The van der Waals surface area contributed by atoms with E-state index in [1.165, 1.54) is 44.9 Å². The Balaban J connectivity index is 2.82. The third-order valence-corrected chi connectivity index (χ3v) is 9.41. The van der Waals surface area contributed by atoms with Crippen molar-refractivity contribution in [2.24, 2.45) is 0 Å². The molecular formula is C38H50O16P2. The first-order valence-corrected chi connectivity index (χ1v) is 21.1. The molecule has 4 unspecified atom stereocenters. The van der Waals surface area contributed by atoms with Gasteiger partial charge in [-0.2, -0.15) is 0 Å². The standard InChI is InChI=1S/C38H50O16P2/c1-3-5-7-9-11-13-15-16-17-19-21-23-25-27-32(40)52-30(28-50-31(39)26-24-22-20-18-14-12-10-8-6-4-2)29-51-56(48,49)54-38-35(43)33(41)34(42)37(36(38)44)53-55(45,46)47/h2,30,33-38,41-44H,3,5,7,9,11,13,15-17,19,21,23,25,27-29H2,1H3,(H,48,49)(H2,45,46,47)/t30-,33-,34?,35?,36+,37+,38?/m0/s1. The van der Waals surface area contributed by atoms with Gasteiger partial charge in [0, 0.05) is 12.3 Å². The van der Waals surface area contributed by atoms with E-state index in [1.807, 2.05) is 5.92 Å². The van der Waals surface area contributed by atoms with Crippen LogP contribution in [0.2, 0.25) is 0 Å². The molecule has 0 radical (unpaired) electrons. The highest BCUT2D eigenvalue weighted by Gasteiger charge is 2.54. The number of unbranched alkanes of at least 4 members (excludes halogenated alkanes) is 12. The first-order valence-electron chi connectivity index (χ1n) is 18.1. The Bertz CT molecular complexity index is 1690. The lowest BCUT2D eigenvalue weighted by Crippen LogP contribution is -2.64. The number of hydrogen-bond donors (Lipinski definition) is 7. The Morgan fingerprint density at radius 3 is 1.59 bits per heavy atom. The van der Waals surface area contributed by atoms with Crippen molar-refractivity contribution in [2.75, 3.05) is 13.2 Å². The molecule has 0 aromatic heterocycles. The average Bonchev–Trinajstić information content (AvgIpc) is 3.14. The molecule has 0 aliphatic heterocycles. The molecule has 0 spiro atoms. The predicted octanol–water partition coefficient (Wildman–Crippen LogP) is 2.01. The number of aliphatic hydroxyl groups is 4. The highest BCUT2D eigenvalue weighted by molar-refractivity contribution is 7.47. The SMILES string of the molecule is C#CC#CC#CC#CC#CC#CC(=O)OC[C@@H](COP(=O)(O)OC1C(O)[C@@H](O)C(O)[C@@H](OP(=O)(O)O)[C@H]1O)OC(=O)CCCCCCCCCCCCCCC. The van der Waals surface area contributed by atoms with Gasteiger partial charge < -0.3 is 44.6 Å². The van der Waals surface area contributed by atoms with Crippen molar-refractivity contribution in [3.8, 4) is 71.5 Å². The summed E-state index contributed by atoms with van der Waals surface area (Å²) in [5, 5.41) is 40.9. The van der Waals surface area contributed by atoms with E-state index in [4.69, 9.17) is 34.7 Å². The Morgan fingerprint density at radius 2 is 1.09 bits per heavy atom. The van der Waals surface area contributed by atoms with E-state index >= 15 is 0 Å². The number of phosphoric acid groups is 2. The van der Waals surface area contributed by atoms with Gasteiger partial charge in [-0.3, -0.25) is 18.4 Å². The van der Waals surface area contributed by atoms with Crippen LogP contribution in [0, 0.1) is 71.5 Å². The van der Waals surface area contributed by atoms with Crippen LogP contribution in [-0.4, -0.2) is 103 Å². The summed E-state index contributed by atoms with van der Waals surface area (Å²) < 4.78 is 48.4. The zero-order valence-electron chi connectivity index (χ0n) is 31.1. The molecule has 0 saturated heterocycles. The van der Waals surface area contributed by atoms with Gasteiger partial charge in [-0.1, -0.05) is 84.0 Å². The van der Waals surface area contributed by atoms with Crippen LogP contribution in [0.15, 0.2) is 0 Å². The Kier molecular flexibility index (Phi) is 25.8. The molecule has 7 N–H and O–H groups in total. The van der Waals surface area contributed by atoms with Crippen LogP contribution in [0.4, 0.5) is 0 Å². The molecular weight excluding hydrogens is 774 g/mol. The van der Waals surface area contributed by atoms with Crippen molar-refractivity contribution >= 4 is 27.6 Å². The van der Waals surface area contributed by atoms with Crippen molar-refractivity contribution in [2.45, 2.75) is 140 Å². The van der Waals surface area contributed by atoms with E-state index in [0.717, 1.165) is 32.1 Å². The minimum Gasteiger partial charge on any atom is -0.456 e. The average molecular weight is 825 g/mol. The summed E-state index contributed by atoms with van der Waals surface area (Å²) in [5.74, 6) is 23.0. The summed E-state index contributed by atoms with van der Waals surface area (Å²) in [6, 6.07) is 0. The van der Waals surface area contributed by atoms with Gasteiger partial charge in [-0.05, 0) is 65.6 Å². The molecule has 0 amide bonds. The van der Waals surface area contributed by atoms with Gasteiger partial charge in [0.1, 0.15) is 43.2 Å². The first-order chi connectivity index (χ1) is 26.6. The fraction of sp³-hybridized carbons (Fsp3) is 0.632. The summed E-state index contributed by atoms with van der Waals surface area (Å²) in [6.45, 7) is 0.517. The number of esters is 2. The monoisotopic (exact) mass is 824 g/mol. The van der Waals surface area contributed by atoms with E-state index in [-0.39, 0.29) is 6.42 Å². The second kappa shape index (κ2) is 28.7. The minimum atomic E-state index is -5.39. The summed E-state index contributed by atoms with van der Waals surface area (Å²) >= 11 is 0. The fourth-order valence-corrected chi connectivity index (χ4v) is 6.68. The molecule has 0 bridgehead atoms. The maximum absolute atomic E-state index is 12.8. The molecule has 16 nitrogen and oxygen atoms in total. The number of terminal acetylenes is 1. The molecule has 1 rings (SSSR count). The summed E-state index contributed by atoms with van der Waals surface area (Å²) in [4.78, 5) is 53.4. The molecule has 1 aliphatic rings. The summed E-state index contributed by atoms with van der Waals surface area (Å²) in [7, 11) is -10.8. The Labute approximate surface area is 328 Å². The maximum Gasteiger partial charge on any atom is 0.472 e. The maximum atomic E-state index is 12.8. The van der Waals surface area contributed by atoms with Crippen molar-refractivity contribution in [1.82, 2.24) is 0 Å². The normalized spacial score (nSPS) is 21.5. The molecule has 0 aromatic carbocycles. The number of hydrogen-bond acceptors (Lipinski definition) is 13. The van der Waals surface area contributed by atoms with E-state index < -0.39 is 83.5 Å². The highest BCUT2D eigenvalue weighted by atomic mass is 31.2. The van der Waals surface area contributed by atoms with E-state index in [2.05, 4.69) is 70.7 Å². The number of phosphoric ester groups is 2. The van der Waals surface area contributed by atoms with E-state index in [1.54, 1.807) is 0 Å². The molecule has 1 aliphatic carbocycles. The van der Waals surface area contributed by atoms with Gasteiger partial charge in [0.05, 0.1) is 6.61 Å². The van der Waals surface area contributed by atoms with Gasteiger partial charge in [-0.25, -0.2) is 13.9 Å². The van der Waals surface area contributed by atoms with Crippen LogP contribution in [0.25, 0.3) is 0 Å². The van der Waals surface area contributed by atoms with E-state index in [9.17, 15) is 44.0 Å². The molecule has 308 valence electrons. The van der Waals surface area contributed by atoms with Crippen LogP contribution in [0.3, 0.4) is 0 Å². The quantitative estimate of drug-likeness (QED) is 0.0242. The zero-order valence-corrected chi connectivity index (χ0v) is 32.9. The van der Waals surface area contributed by atoms with Crippen LogP contribution in [-0.2, 0) is 41.8 Å². The van der Waals surface area contributed by atoms with Crippen molar-refractivity contribution in [3.05, 3.63) is 0 Å². The van der Waals surface area contributed by atoms with Crippen LogP contribution in [0.5, 0.6) is 0 Å². The third kappa shape index (κ3) is 23.4. The number of rotatable bonds is 24. The smallest absolute Gasteiger partial charge is 0.456 e. The second-order valence-electron chi connectivity index (χ2n) is 12.5. The molecule has 56 heavy (non-hydrogen) atoms. The molecule has 1 saturated carbocycles. The number of carbonyl (C=O) groups excluding carboxylic acids is 2. The predicted molar refractivity (Wildman–Crippen MR) is 200 cm³/mol. The van der Waals surface area contributed by atoms with Gasteiger partial charge in [0.2, 0.25) is 0 Å². The Hall–Kier alpha value is -3.64. The van der Waals surface area contributed by atoms with Crippen LogP contribution in [0.1, 0.15) is 96.8 Å². The molecule has 1 fully saturated rings. The molecule has 18 heteroatoms. The van der Waals surface area contributed by atoms with Crippen molar-refractivity contribution in [3.63, 3.8) is 0 Å². The van der Waals surface area contributed by atoms with Crippen molar-refractivity contribution < 1.29 is 76.9 Å². The number of ether oxygens (including phenoxy) is 2. The number of aliphatic hydroxyl groups excluding tert-OH is 4. The molecule has 8 atom stereocenters.